The number of aromatic hydroxyl groups is 2. The van der Waals surface area contributed by atoms with Crippen molar-refractivity contribution in [2.24, 2.45) is 0 Å². The second-order valence-corrected chi connectivity index (χ2v) is 6.39. The van der Waals surface area contributed by atoms with Gasteiger partial charge in [-0.15, -0.1) is 0 Å². The molecule has 0 fully saturated rings. The molecule has 0 bridgehead atoms. The molecule has 2 amide bonds. The summed E-state index contributed by atoms with van der Waals surface area (Å²) in [5.74, 6) is 0.265. The summed E-state index contributed by atoms with van der Waals surface area (Å²) in [6.45, 7) is 0.00777. The van der Waals surface area contributed by atoms with Gasteiger partial charge in [-0.2, -0.15) is 0 Å². The van der Waals surface area contributed by atoms with Crippen molar-refractivity contribution in [2.45, 2.75) is 9.79 Å². The molecule has 23 heavy (non-hydrogen) atoms. The van der Waals surface area contributed by atoms with Gasteiger partial charge in [0.1, 0.15) is 11.5 Å². The van der Waals surface area contributed by atoms with E-state index < -0.39 is 0 Å². The fourth-order valence-electron chi connectivity index (χ4n) is 1.50. The first-order chi connectivity index (χ1) is 11.0. The molecule has 0 saturated carbocycles. The van der Waals surface area contributed by atoms with E-state index in [1.807, 2.05) is 0 Å². The molecule has 0 atom stereocenters. The molecule has 0 aromatic heterocycles. The maximum atomic E-state index is 11.7. The van der Waals surface area contributed by atoms with Crippen LogP contribution in [0.1, 0.15) is 0 Å². The van der Waals surface area contributed by atoms with E-state index in [4.69, 9.17) is 10.2 Å². The maximum absolute atomic E-state index is 11.7. The zero-order valence-electron chi connectivity index (χ0n) is 11.9. The molecule has 0 aliphatic heterocycles. The lowest BCUT2D eigenvalue weighted by Gasteiger charge is -2.07. The quantitative estimate of drug-likeness (QED) is 0.498. The van der Waals surface area contributed by atoms with Crippen LogP contribution in [0.3, 0.4) is 0 Å². The minimum absolute atomic E-state index is 0.00777. The monoisotopic (exact) mass is 350 g/mol. The Morgan fingerprint density at radius 1 is 0.739 bits per heavy atom. The summed E-state index contributed by atoms with van der Waals surface area (Å²) >= 11 is 1.93. The van der Waals surface area contributed by atoms with Crippen LogP contribution in [0.25, 0.3) is 0 Å². The number of thioether (sulfide) groups is 2. The van der Waals surface area contributed by atoms with Gasteiger partial charge in [0.25, 0.3) is 10.5 Å². The van der Waals surface area contributed by atoms with E-state index in [-0.39, 0.29) is 28.6 Å². The van der Waals surface area contributed by atoms with Crippen LogP contribution in [-0.4, -0.2) is 27.4 Å². The number of carbonyl (C=O) groups excluding carboxylic acids is 2. The molecule has 6 nitrogen and oxygen atoms in total. The Morgan fingerprint density at radius 3 is 1.43 bits per heavy atom. The Bertz CT molecular complexity index is 615. The molecule has 0 spiro atoms. The molecule has 2 aromatic rings. The van der Waals surface area contributed by atoms with Gasteiger partial charge in [0.15, 0.2) is 0 Å². The van der Waals surface area contributed by atoms with Crippen molar-refractivity contribution in [2.75, 3.05) is 6.67 Å². The fraction of sp³-hybridized carbons (Fsp3) is 0.0667. The zero-order valence-corrected chi connectivity index (χ0v) is 13.5. The summed E-state index contributed by atoms with van der Waals surface area (Å²) in [7, 11) is 0. The van der Waals surface area contributed by atoms with Gasteiger partial charge in [-0.3, -0.25) is 9.59 Å². The molecule has 8 heteroatoms. The first-order valence-corrected chi connectivity index (χ1v) is 8.15. The van der Waals surface area contributed by atoms with Crippen LogP contribution in [0, 0.1) is 0 Å². The summed E-state index contributed by atoms with van der Waals surface area (Å²) in [4.78, 5) is 24.7. The van der Waals surface area contributed by atoms with E-state index in [1.54, 1.807) is 24.3 Å². The van der Waals surface area contributed by atoms with Gasteiger partial charge < -0.3 is 20.8 Å². The highest BCUT2D eigenvalue weighted by Gasteiger charge is 2.07. The first kappa shape index (κ1) is 17.0. The van der Waals surface area contributed by atoms with Crippen LogP contribution < -0.4 is 10.6 Å². The Hall–Kier alpha value is -2.32. The van der Waals surface area contributed by atoms with Gasteiger partial charge in [0.05, 0.1) is 6.67 Å². The van der Waals surface area contributed by atoms with Crippen molar-refractivity contribution in [3.05, 3.63) is 48.5 Å². The van der Waals surface area contributed by atoms with E-state index in [1.165, 1.54) is 24.3 Å². The average molecular weight is 350 g/mol. The Labute approximate surface area is 141 Å². The molecular formula is C15H14N2O4S2. The third kappa shape index (κ3) is 6.13. The molecular weight excluding hydrogens is 336 g/mol. The SMILES string of the molecule is O=C(NCNC(=O)Sc1ccc(O)cc1)Sc1ccc(O)cc1. The number of amides is 2. The predicted molar refractivity (Wildman–Crippen MR) is 89.9 cm³/mol. The molecule has 2 aromatic carbocycles. The van der Waals surface area contributed by atoms with Gasteiger partial charge in [-0.25, -0.2) is 0 Å². The van der Waals surface area contributed by atoms with Crippen molar-refractivity contribution in [1.82, 2.24) is 10.6 Å². The lowest BCUT2D eigenvalue weighted by molar-refractivity contribution is 0.255. The van der Waals surface area contributed by atoms with Gasteiger partial charge in [0.2, 0.25) is 0 Å². The number of nitrogens with one attached hydrogen (secondary N) is 2. The van der Waals surface area contributed by atoms with Crippen molar-refractivity contribution in [3.63, 3.8) is 0 Å². The van der Waals surface area contributed by atoms with E-state index in [9.17, 15) is 9.59 Å². The molecule has 2 rings (SSSR count). The molecule has 0 aliphatic carbocycles. The van der Waals surface area contributed by atoms with Crippen molar-refractivity contribution >= 4 is 34.0 Å². The average Bonchev–Trinajstić information content (AvgIpc) is 2.52. The van der Waals surface area contributed by atoms with Gasteiger partial charge in [-0.05, 0) is 72.1 Å². The van der Waals surface area contributed by atoms with Gasteiger partial charge in [-0.1, -0.05) is 0 Å². The predicted octanol–water partition coefficient (Wildman–Crippen LogP) is 3.36. The topological polar surface area (TPSA) is 98.7 Å². The Kier molecular flexibility index (Phi) is 6.19. The van der Waals surface area contributed by atoms with E-state index in [0.29, 0.717) is 9.79 Å². The second-order valence-electron chi connectivity index (χ2n) is 4.30. The van der Waals surface area contributed by atoms with Gasteiger partial charge in [0, 0.05) is 9.79 Å². The first-order valence-electron chi connectivity index (χ1n) is 6.52. The third-order valence-electron chi connectivity index (χ3n) is 2.56. The molecule has 0 heterocycles. The number of carbonyl (C=O) groups is 2. The fourth-order valence-corrected chi connectivity index (χ4v) is 2.76. The van der Waals surface area contributed by atoms with Crippen molar-refractivity contribution in [1.29, 1.82) is 0 Å². The third-order valence-corrected chi connectivity index (χ3v) is 4.24. The van der Waals surface area contributed by atoms with E-state index >= 15 is 0 Å². The second kappa shape index (κ2) is 8.35. The summed E-state index contributed by atoms with van der Waals surface area (Å²) in [5.41, 5.74) is 0. The largest absolute Gasteiger partial charge is 0.508 e. The van der Waals surface area contributed by atoms with E-state index in [2.05, 4.69) is 10.6 Å². The summed E-state index contributed by atoms with van der Waals surface area (Å²) in [5, 5.41) is 22.8. The van der Waals surface area contributed by atoms with Crippen LogP contribution in [-0.2, 0) is 0 Å². The van der Waals surface area contributed by atoms with Crippen molar-refractivity contribution in [3.8, 4) is 11.5 Å². The number of hydrogen-bond donors (Lipinski definition) is 4. The minimum atomic E-state index is -0.314. The highest BCUT2D eigenvalue weighted by Crippen LogP contribution is 2.22. The Morgan fingerprint density at radius 2 is 1.09 bits per heavy atom. The van der Waals surface area contributed by atoms with Crippen LogP contribution in [0.5, 0.6) is 11.5 Å². The zero-order chi connectivity index (χ0) is 16.7. The molecule has 120 valence electrons. The highest BCUT2D eigenvalue weighted by molar-refractivity contribution is 8.13. The Balaban J connectivity index is 1.69. The summed E-state index contributed by atoms with van der Waals surface area (Å²) in [6, 6.07) is 12.5. The number of rotatable bonds is 4. The number of phenolic OH excluding ortho intramolecular Hbond substituents is 2. The van der Waals surface area contributed by atoms with Crippen molar-refractivity contribution < 1.29 is 19.8 Å². The maximum Gasteiger partial charge on any atom is 0.285 e. The van der Waals surface area contributed by atoms with Crippen LogP contribution in [0.2, 0.25) is 0 Å². The standard InChI is InChI=1S/C15H14N2O4S2/c18-10-1-5-12(6-2-10)22-14(20)16-9-17-15(21)23-13-7-3-11(19)4-8-13/h1-8,18-19H,9H2,(H,16,20)(H,17,21). The van der Waals surface area contributed by atoms with Crippen LogP contribution in [0.15, 0.2) is 58.3 Å². The number of phenols is 2. The number of benzene rings is 2. The summed E-state index contributed by atoms with van der Waals surface area (Å²) in [6.07, 6.45) is 0. The summed E-state index contributed by atoms with van der Waals surface area (Å²) < 4.78 is 0. The lowest BCUT2D eigenvalue weighted by Crippen LogP contribution is -2.33. The molecule has 0 aliphatic rings. The molecule has 4 N–H and O–H groups in total. The smallest absolute Gasteiger partial charge is 0.285 e. The highest BCUT2D eigenvalue weighted by atomic mass is 32.2. The molecule has 0 unspecified atom stereocenters. The minimum Gasteiger partial charge on any atom is -0.508 e. The van der Waals surface area contributed by atoms with Crippen LogP contribution >= 0.6 is 23.5 Å². The van der Waals surface area contributed by atoms with E-state index in [0.717, 1.165) is 23.5 Å². The normalized spacial score (nSPS) is 10.1. The number of hydrogen-bond acceptors (Lipinski definition) is 6. The lowest BCUT2D eigenvalue weighted by atomic mass is 10.3. The molecule has 0 radical (unpaired) electrons. The van der Waals surface area contributed by atoms with Gasteiger partial charge >= 0.3 is 0 Å². The molecule has 0 saturated heterocycles. The van der Waals surface area contributed by atoms with Crippen LogP contribution in [0.4, 0.5) is 9.59 Å².